The monoisotopic (exact) mass is 121 g/mol. The summed E-state index contributed by atoms with van der Waals surface area (Å²) in [5.74, 6) is 0. The van der Waals surface area contributed by atoms with Gasteiger partial charge in [0.2, 0.25) is 0 Å². The van der Waals surface area contributed by atoms with Gasteiger partial charge >= 0.3 is 0 Å². The predicted octanol–water partition coefficient (Wildman–Crippen LogP) is 2.18. The van der Waals surface area contributed by atoms with Gasteiger partial charge in [-0.3, -0.25) is 0 Å². The van der Waals surface area contributed by atoms with Crippen molar-refractivity contribution >= 4 is 0 Å². The van der Waals surface area contributed by atoms with Gasteiger partial charge in [-0.25, -0.2) is 0 Å². The molecule has 1 aliphatic rings. The quantitative estimate of drug-likeness (QED) is 0.305. The van der Waals surface area contributed by atoms with Crippen LogP contribution in [-0.2, 0) is 0 Å². The second kappa shape index (κ2) is 2.95. The third-order valence-electron chi connectivity index (χ3n) is 1.19. The van der Waals surface area contributed by atoms with Crippen molar-refractivity contribution in [2.75, 3.05) is 6.54 Å². The fourth-order valence-electron chi connectivity index (χ4n) is 0.731. The Morgan fingerprint density at radius 3 is 3.22 bits per heavy atom. The van der Waals surface area contributed by atoms with E-state index in [2.05, 4.69) is 10.0 Å². The molecule has 1 aliphatic carbocycles. The van der Waals surface area contributed by atoms with E-state index in [1.165, 1.54) is 5.57 Å². The lowest BCUT2D eigenvalue weighted by molar-refractivity contribution is 1.07. The molecule has 9 heavy (non-hydrogen) atoms. The van der Waals surface area contributed by atoms with E-state index in [-0.39, 0.29) is 0 Å². The molecule has 0 atom stereocenters. The normalized spacial score (nSPS) is 14.9. The summed E-state index contributed by atoms with van der Waals surface area (Å²) in [5, 5.41) is 3.43. The summed E-state index contributed by atoms with van der Waals surface area (Å²) in [5.41, 5.74) is 9.13. The molecule has 0 aliphatic heterocycles. The zero-order chi connectivity index (χ0) is 6.53. The molecule has 0 radical (unpaired) electrons. The summed E-state index contributed by atoms with van der Waals surface area (Å²) in [6.45, 7) is 0.517. The van der Waals surface area contributed by atoms with Crippen LogP contribution >= 0.6 is 0 Å². The lowest BCUT2D eigenvalue weighted by Crippen LogP contribution is -1.80. The molecule has 0 bridgehead atoms. The van der Waals surface area contributed by atoms with E-state index >= 15 is 0 Å². The van der Waals surface area contributed by atoms with E-state index in [0.717, 1.165) is 6.42 Å². The number of azide groups is 1. The molecular weight excluding hydrogens is 114 g/mol. The first-order valence-corrected chi connectivity index (χ1v) is 2.79. The summed E-state index contributed by atoms with van der Waals surface area (Å²) in [7, 11) is 0. The first kappa shape index (κ1) is 5.92. The van der Waals surface area contributed by atoms with Crippen molar-refractivity contribution < 1.29 is 0 Å². The van der Waals surface area contributed by atoms with Gasteiger partial charge in [-0.2, -0.15) is 0 Å². The van der Waals surface area contributed by atoms with E-state index in [1.54, 1.807) is 0 Å². The van der Waals surface area contributed by atoms with Crippen molar-refractivity contribution in [2.24, 2.45) is 5.11 Å². The van der Waals surface area contributed by atoms with E-state index < -0.39 is 0 Å². The molecule has 0 spiro atoms. The predicted molar refractivity (Wildman–Crippen MR) is 35.9 cm³/mol. The molecule has 0 saturated heterocycles. The van der Waals surface area contributed by atoms with Crippen molar-refractivity contribution in [1.82, 2.24) is 0 Å². The molecule has 0 aromatic carbocycles. The molecule has 0 aromatic heterocycles. The maximum atomic E-state index is 7.94. The van der Waals surface area contributed by atoms with Crippen LogP contribution in [0.15, 0.2) is 28.9 Å². The third kappa shape index (κ3) is 1.63. The van der Waals surface area contributed by atoms with Gasteiger partial charge in [0, 0.05) is 11.5 Å². The van der Waals surface area contributed by atoms with E-state index in [1.807, 2.05) is 18.2 Å². The van der Waals surface area contributed by atoms with Crippen LogP contribution in [0.25, 0.3) is 10.4 Å². The minimum absolute atomic E-state index is 0.517. The number of rotatable bonds is 2. The minimum Gasteiger partial charge on any atom is -0.0896 e. The zero-order valence-corrected chi connectivity index (χ0v) is 4.99. The van der Waals surface area contributed by atoms with Gasteiger partial charge in [0.25, 0.3) is 0 Å². The standard InChI is InChI=1S/C6H7N3/c7-9-8-5-6-3-1-2-4-6/h1-3H,4-5H2. The zero-order valence-electron chi connectivity index (χ0n) is 4.99. The molecule has 3 nitrogen and oxygen atoms in total. The Bertz CT molecular complexity index is 196. The Morgan fingerprint density at radius 2 is 2.67 bits per heavy atom. The molecule has 0 aromatic rings. The van der Waals surface area contributed by atoms with Crippen LogP contribution in [0, 0.1) is 0 Å². The second-order valence-corrected chi connectivity index (χ2v) is 1.85. The highest BCUT2D eigenvalue weighted by Gasteiger charge is 1.94. The van der Waals surface area contributed by atoms with Crippen LogP contribution in [0.4, 0.5) is 0 Å². The third-order valence-corrected chi connectivity index (χ3v) is 1.19. The van der Waals surface area contributed by atoms with Gasteiger partial charge < -0.3 is 0 Å². The highest BCUT2D eigenvalue weighted by Crippen LogP contribution is 2.09. The molecule has 0 saturated carbocycles. The summed E-state index contributed by atoms with van der Waals surface area (Å²) < 4.78 is 0. The molecule has 3 heteroatoms. The molecule has 1 rings (SSSR count). The van der Waals surface area contributed by atoms with Gasteiger partial charge in [-0.1, -0.05) is 28.9 Å². The molecule has 0 unspecified atom stereocenters. The van der Waals surface area contributed by atoms with Crippen molar-refractivity contribution in [3.8, 4) is 0 Å². The number of hydrogen-bond donors (Lipinski definition) is 0. The lowest BCUT2D eigenvalue weighted by Gasteiger charge is -1.89. The maximum absolute atomic E-state index is 7.94. The average Bonchev–Trinajstić information content (AvgIpc) is 2.34. The van der Waals surface area contributed by atoms with Crippen molar-refractivity contribution in [2.45, 2.75) is 6.42 Å². The average molecular weight is 121 g/mol. The van der Waals surface area contributed by atoms with Crippen LogP contribution in [0.3, 0.4) is 0 Å². The van der Waals surface area contributed by atoms with E-state index in [9.17, 15) is 0 Å². The van der Waals surface area contributed by atoms with Crippen molar-refractivity contribution in [3.05, 3.63) is 34.2 Å². The molecule has 0 fully saturated rings. The molecular formula is C6H7N3. The Balaban J connectivity index is 2.38. The highest BCUT2D eigenvalue weighted by molar-refractivity contribution is 5.23. The fraction of sp³-hybridized carbons (Fsp3) is 0.333. The van der Waals surface area contributed by atoms with Crippen LogP contribution < -0.4 is 0 Å². The Morgan fingerprint density at radius 1 is 1.78 bits per heavy atom. The van der Waals surface area contributed by atoms with Crippen molar-refractivity contribution in [3.63, 3.8) is 0 Å². The smallest absolute Gasteiger partial charge is 0.0476 e. The minimum atomic E-state index is 0.517. The van der Waals surface area contributed by atoms with Gasteiger partial charge in [0.1, 0.15) is 0 Å². The first-order valence-electron chi connectivity index (χ1n) is 2.79. The summed E-state index contributed by atoms with van der Waals surface area (Å²) in [6.07, 6.45) is 6.94. The fourth-order valence-corrected chi connectivity index (χ4v) is 0.731. The van der Waals surface area contributed by atoms with Gasteiger partial charge in [0.15, 0.2) is 0 Å². The van der Waals surface area contributed by atoms with Crippen LogP contribution in [0.2, 0.25) is 0 Å². The Hall–Kier alpha value is -1.21. The van der Waals surface area contributed by atoms with Crippen LogP contribution in [-0.4, -0.2) is 6.54 Å². The molecule has 0 amide bonds. The first-order chi connectivity index (χ1) is 4.43. The van der Waals surface area contributed by atoms with Crippen LogP contribution in [0.5, 0.6) is 0 Å². The number of allylic oxidation sites excluding steroid dienone is 3. The highest BCUT2D eigenvalue weighted by atomic mass is 15.1. The molecule has 46 valence electrons. The number of nitrogens with zero attached hydrogens (tertiary/aromatic N) is 3. The van der Waals surface area contributed by atoms with Crippen LogP contribution in [0.1, 0.15) is 6.42 Å². The largest absolute Gasteiger partial charge is 0.0896 e. The lowest BCUT2D eigenvalue weighted by atomic mass is 10.2. The van der Waals surface area contributed by atoms with E-state index in [0.29, 0.717) is 6.54 Å². The van der Waals surface area contributed by atoms with Gasteiger partial charge in [0.05, 0.1) is 0 Å². The van der Waals surface area contributed by atoms with E-state index in [4.69, 9.17) is 5.53 Å². The Kier molecular flexibility index (Phi) is 1.94. The summed E-state index contributed by atoms with van der Waals surface area (Å²) in [4.78, 5) is 2.66. The van der Waals surface area contributed by atoms with Gasteiger partial charge in [-0.05, 0) is 12.0 Å². The second-order valence-electron chi connectivity index (χ2n) is 1.85. The van der Waals surface area contributed by atoms with Crippen molar-refractivity contribution in [1.29, 1.82) is 0 Å². The van der Waals surface area contributed by atoms with Gasteiger partial charge in [-0.15, -0.1) is 0 Å². The number of hydrogen-bond acceptors (Lipinski definition) is 1. The SMILES string of the molecule is [N-]=[N+]=NCC1=CC=CC1. The topological polar surface area (TPSA) is 48.8 Å². The Labute approximate surface area is 53.3 Å². The molecule has 0 heterocycles. The summed E-state index contributed by atoms with van der Waals surface area (Å²) in [6, 6.07) is 0. The molecule has 0 N–H and O–H groups in total. The summed E-state index contributed by atoms with van der Waals surface area (Å²) >= 11 is 0. The maximum Gasteiger partial charge on any atom is 0.0476 e.